The maximum atomic E-state index is 13.0. The molecule has 1 aromatic heterocycles. The number of alkyl halides is 2. The molecular formula is C19H22ClF2N3O4S. The predicted octanol–water partition coefficient (Wildman–Crippen LogP) is 2.65. The number of carbonyl (C=O) groups is 1. The van der Waals surface area contributed by atoms with E-state index < -0.39 is 34.4 Å². The minimum Gasteiger partial charge on any atom is -0.379 e. The number of aromatic nitrogens is 1. The molecular weight excluding hydrogens is 440 g/mol. The molecule has 2 heterocycles. The van der Waals surface area contributed by atoms with Gasteiger partial charge in [0.1, 0.15) is 5.03 Å². The fourth-order valence-electron chi connectivity index (χ4n) is 3.37. The summed E-state index contributed by atoms with van der Waals surface area (Å²) in [7, 11) is -4.04. The molecule has 0 saturated carbocycles. The van der Waals surface area contributed by atoms with Gasteiger partial charge in [-0.25, -0.2) is 21.9 Å². The van der Waals surface area contributed by atoms with E-state index in [-0.39, 0.29) is 22.9 Å². The van der Waals surface area contributed by atoms with Gasteiger partial charge in [-0.3, -0.25) is 4.79 Å². The number of aryl methyl sites for hydroxylation is 1. The number of carbonyl (C=O) groups excluding carboxylic acids is 1. The summed E-state index contributed by atoms with van der Waals surface area (Å²) in [4.78, 5) is 14.7. The summed E-state index contributed by atoms with van der Waals surface area (Å²) in [6.07, 6.45) is -1.84. The smallest absolute Gasteiger partial charge is 0.256 e. The highest BCUT2D eigenvalue weighted by molar-refractivity contribution is 7.89. The molecule has 1 atom stereocenters. The zero-order chi connectivity index (χ0) is 21.9. The third-order valence-electron chi connectivity index (χ3n) is 4.85. The number of ether oxygens (including phenoxy) is 1. The van der Waals surface area contributed by atoms with Crippen LogP contribution < -0.4 is 10.0 Å². The van der Waals surface area contributed by atoms with Gasteiger partial charge in [-0.2, -0.15) is 0 Å². The van der Waals surface area contributed by atoms with Crippen molar-refractivity contribution in [2.24, 2.45) is 0 Å². The number of H-pyrrole nitrogens is 1. The number of nitrogens with one attached hydrogen (secondary N) is 3. The van der Waals surface area contributed by atoms with Gasteiger partial charge in [0.05, 0.1) is 24.3 Å². The van der Waals surface area contributed by atoms with Crippen LogP contribution in [0.25, 0.3) is 0 Å². The Kier molecular flexibility index (Phi) is 6.81. The maximum absolute atomic E-state index is 13.0. The second-order valence-electron chi connectivity index (χ2n) is 7.27. The van der Waals surface area contributed by atoms with Gasteiger partial charge in [0.25, 0.3) is 22.4 Å². The van der Waals surface area contributed by atoms with Gasteiger partial charge in [0.15, 0.2) is 0 Å². The summed E-state index contributed by atoms with van der Waals surface area (Å²) in [6, 6.07) is 8.24. The van der Waals surface area contributed by atoms with E-state index in [9.17, 15) is 22.0 Å². The first-order valence-electron chi connectivity index (χ1n) is 9.22. The fraction of sp³-hybridized carbons (Fsp3) is 0.421. The first-order chi connectivity index (χ1) is 14.1. The van der Waals surface area contributed by atoms with E-state index in [4.69, 9.17) is 16.3 Å². The van der Waals surface area contributed by atoms with E-state index in [1.165, 1.54) is 6.92 Å². The topological polar surface area (TPSA) is 100 Å². The molecule has 164 valence electrons. The van der Waals surface area contributed by atoms with Crippen molar-refractivity contribution in [3.63, 3.8) is 0 Å². The summed E-state index contributed by atoms with van der Waals surface area (Å²) < 4.78 is 58.9. The molecule has 3 N–H and O–H groups in total. The minimum absolute atomic E-state index is 0.00884. The Bertz CT molecular complexity index is 1000. The second-order valence-corrected chi connectivity index (χ2v) is 9.35. The van der Waals surface area contributed by atoms with E-state index in [1.54, 1.807) is 12.1 Å². The van der Waals surface area contributed by atoms with E-state index in [2.05, 4.69) is 15.0 Å². The van der Waals surface area contributed by atoms with Crippen LogP contribution in [0.15, 0.2) is 35.4 Å². The highest BCUT2D eigenvalue weighted by Crippen LogP contribution is 2.27. The molecule has 1 aliphatic heterocycles. The van der Waals surface area contributed by atoms with E-state index >= 15 is 0 Å². The number of amides is 1. The highest BCUT2D eigenvalue weighted by atomic mass is 35.5. The van der Waals surface area contributed by atoms with Gasteiger partial charge < -0.3 is 15.0 Å². The van der Waals surface area contributed by atoms with Gasteiger partial charge in [-0.05, 0) is 43.5 Å². The number of rotatable bonds is 8. The van der Waals surface area contributed by atoms with Crippen molar-refractivity contribution in [2.75, 3.05) is 19.8 Å². The lowest BCUT2D eigenvalue weighted by atomic mass is 9.91. The van der Waals surface area contributed by atoms with Gasteiger partial charge in [0.2, 0.25) is 0 Å². The zero-order valence-electron chi connectivity index (χ0n) is 16.2. The number of hydrogen-bond donors (Lipinski definition) is 3. The molecule has 3 rings (SSSR count). The average molecular weight is 462 g/mol. The molecule has 0 bridgehead atoms. The Morgan fingerprint density at radius 2 is 2.03 bits per heavy atom. The molecule has 2 aromatic rings. The Labute approximate surface area is 178 Å². The molecule has 1 aliphatic rings. The number of aromatic amines is 1. The van der Waals surface area contributed by atoms with Crippen molar-refractivity contribution in [1.29, 1.82) is 0 Å². The number of halogens is 3. The monoisotopic (exact) mass is 461 g/mol. The quantitative estimate of drug-likeness (QED) is 0.562. The van der Waals surface area contributed by atoms with Crippen molar-refractivity contribution in [3.8, 4) is 0 Å². The minimum atomic E-state index is -4.04. The van der Waals surface area contributed by atoms with Crippen molar-refractivity contribution in [1.82, 2.24) is 15.0 Å². The zero-order valence-corrected chi connectivity index (χ0v) is 17.7. The first-order valence-corrected chi connectivity index (χ1v) is 11.1. The van der Waals surface area contributed by atoms with Crippen molar-refractivity contribution in [3.05, 3.63) is 52.2 Å². The maximum Gasteiger partial charge on any atom is 0.256 e. The summed E-state index contributed by atoms with van der Waals surface area (Å²) in [5.74, 6) is -0.773. The van der Waals surface area contributed by atoms with Crippen LogP contribution in [0.1, 0.15) is 28.0 Å². The van der Waals surface area contributed by atoms with Crippen LogP contribution >= 0.6 is 11.6 Å². The third kappa shape index (κ3) is 5.37. The summed E-state index contributed by atoms with van der Waals surface area (Å²) in [5, 5.41) is 2.43. The largest absolute Gasteiger partial charge is 0.379 e. The normalized spacial score (nSPS) is 19.4. The SMILES string of the molecule is Cc1[nH]c(S(=O)(=O)N[C@]2(Cc3ccc(Cl)cc3)CCOC2)cc1C(=O)NCC(F)F. The van der Waals surface area contributed by atoms with Gasteiger partial charge in [-0.1, -0.05) is 23.7 Å². The lowest BCUT2D eigenvalue weighted by molar-refractivity contribution is 0.0891. The molecule has 1 amide bonds. The first kappa shape index (κ1) is 22.7. The lowest BCUT2D eigenvalue weighted by Gasteiger charge is -2.28. The van der Waals surface area contributed by atoms with Crippen LogP contribution in [0, 0.1) is 6.92 Å². The average Bonchev–Trinajstić information content (AvgIpc) is 3.28. The van der Waals surface area contributed by atoms with Crippen LogP contribution in [-0.2, 0) is 21.2 Å². The second kappa shape index (κ2) is 9.01. The van der Waals surface area contributed by atoms with Crippen LogP contribution in [0.3, 0.4) is 0 Å². The number of hydrogen-bond acceptors (Lipinski definition) is 4. The molecule has 0 radical (unpaired) electrons. The molecule has 0 unspecified atom stereocenters. The van der Waals surface area contributed by atoms with Crippen molar-refractivity contribution < 1.29 is 26.7 Å². The van der Waals surface area contributed by atoms with E-state index in [0.29, 0.717) is 24.5 Å². The standard InChI is InChI=1S/C19H22ClF2N3O4S/c1-12-15(18(26)23-10-16(21)22)8-17(24-12)30(27,28)25-19(6-7-29-11-19)9-13-2-4-14(20)5-3-13/h2-5,8,16,24-25H,6-7,9-11H2,1H3,(H,23,26)/t19-/m0/s1. The van der Waals surface area contributed by atoms with Gasteiger partial charge >= 0.3 is 0 Å². The van der Waals surface area contributed by atoms with Gasteiger partial charge in [-0.15, -0.1) is 0 Å². The summed E-state index contributed by atoms with van der Waals surface area (Å²) in [6.45, 7) is 1.28. The molecule has 0 spiro atoms. The van der Waals surface area contributed by atoms with Crippen LogP contribution in [0.5, 0.6) is 0 Å². The molecule has 1 fully saturated rings. The van der Waals surface area contributed by atoms with E-state index in [0.717, 1.165) is 11.6 Å². The Morgan fingerprint density at radius 3 is 2.63 bits per heavy atom. The van der Waals surface area contributed by atoms with Crippen molar-refractivity contribution >= 4 is 27.5 Å². The molecule has 30 heavy (non-hydrogen) atoms. The summed E-state index contributed by atoms with van der Waals surface area (Å²) >= 11 is 5.92. The van der Waals surface area contributed by atoms with Crippen LogP contribution in [0.2, 0.25) is 5.02 Å². The fourth-order valence-corrected chi connectivity index (χ4v) is 4.97. The van der Waals surface area contributed by atoms with Gasteiger partial charge in [0, 0.05) is 17.3 Å². The van der Waals surface area contributed by atoms with Crippen LogP contribution in [0.4, 0.5) is 8.78 Å². The Hall–Kier alpha value is -2.01. The molecule has 7 nitrogen and oxygen atoms in total. The molecule has 1 aromatic carbocycles. The molecule has 1 saturated heterocycles. The Morgan fingerprint density at radius 1 is 1.33 bits per heavy atom. The number of sulfonamides is 1. The van der Waals surface area contributed by atoms with Crippen molar-refractivity contribution in [2.45, 2.75) is 36.8 Å². The van der Waals surface area contributed by atoms with E-state index in [1.807, 2.05) is 12.1 Å². The highest BCUT2D eigenvalue weighted by Gasteiger charge is 2.40. The number of benzene rings is 1. The van der Waals surface area contributed by atoms with Crippen LogP contribution in [-0.4, -0.2) is 51.0 Å². The lowest BCUT2D eigenvalue weighted by Crippen LogP contribution is -2.50. The molecule has 11 heteroatoms. The predicted molar refractivity (Wildman–Crippen MR) is 108 cm³/mol. The summed E-state index contributed by atoms with van der Waals surface area (Å²) in [5.41, 5.74) is 0.286. The third-order valence-corrected chi connectivity index (χ3v) is 6.60. The Balaban J connectivity index is 1.81. The molecule has 0 aliphatic carbocycles.